The first-order valence-corrected chi connectivity index (χ1v) is 10.1. The van der Waals surface area contributed by atoms with Crippen molar-refractivity contribution in [2.75, 3.05) is 13.1 Å². The topological polar surface area (TPSA) is 46.3 Å². The fraction of sp³-hybridized carbons (Fsp3) is 0.458. The van der Waals surface area contributed by atoms with Crippen LogP contribution in [-0.4, -0.2) is 35.4 Å². The van der Waals surface area contributed by atoms with Crippen molar-refractivity contribution in [1.29, 1.82) is 0 Å². The lowest BCUT2D eigenvalue weighted by Crippen LogP contribution is -2.60. The van der Waals surface area contributed by atoms with Crippen LogP contribution in [0.5, 0.6) is 0 Å². The minimum Gasteiger partial charge on any atom is -0.324 e. The first kappa shape index (κ1) is 19.8. The van der Waals surface area contributed by atoms with Gasteiger partial charge in [0.05, 0.1) is 6.04 Å². The molecule has 1 aliphatic heterocycles. The molecule has 0 spiro atoms. The molecular formula is C24H32N2O. The molecule has 1 unspecified atom stereocenters. The summed E-state index contributed by atoms with van der Waals surface area (Å²) in [5.41, 5.74) is 9.76. The Hall–Kier alpha value is -1.97. The van der Waals surface area contributed by atoms with E-state index in [1.807, 2.05) is 26.8 Å². The SMILES string of the molecule is CCC(=O)C(N1CCC(c2ccc(-c3ccccc3)cc2)CC1)C(C)(C)N. The number of benzene rings is 2. The molecule has 1 aliphatic rings. The van der Waals surface area contributed by atoms with Crippen molar-refractivity contribution in [2.45, 2.75) is 57.5 Å². The van der Waals surface area contributed by atoms with Gasteiger partial charge in [0.1, 0.15) is 0 Å². The van der Waals surface area contributed by atoms with Crippen molar-refractivity contribution >= 4 is 5.78 Å². The highest BCUT2D eigenvalue weighted by atomic mass is 16.1. The molecule has 0 amide bonds. The smallest absolute Gasteiger partial charge is 0.151 e. The van der Waals surface area contributed by atoms with Gasteiger partial charge in [0.25, 0.3) is 0 Å². The third-order valence-corrected chi connectivity index (χ3v) is 5.74. The van der Waals surface area contributed by atoms with Gasteiger partial charge >= 0.3 is 0 Å². The summed E-state index contributed by atoms with van der Waals surface area (Å²) in [6.45, 7) is 7.74. The van der Waals surface area contributed by atoms with Crippen molar-refractivity contribution in [1.82, 2.24) is 4.90 Å². The number of ketones is 1. The van der Waals surface area contributed by atoms with Gasteiger partial charge in [-0.05, 0) is 62.4 Å². The average Bonchev–Trinajstić information content (AvgIpc) is 2.68. The van der Waals surface area contributed by atoms with E-state index in [0.29, 0.717) is 12.3 Å². The zero-order valence-electron chi connectivity index (χ0n) is 16.8. The van der Waals surface area contributed by atoms with Crippen molar-refractivity contribution in [3.8, 4) is 11.1 Å². The molecule has 144 valence electrons. The monoisotopic (exact) mass is 364 g/mol. The van der Waals surface area contributed by atoms with Crippen LogP contribution in [0.3, 0.4) is 0 Å². The van der Waals surface area contributed by atoms with Gasteiger partial charge in [0.15, 0.2) is 5.78 Å². The third-order valence-electron chi connectivity index (χ3n) is 5.74. The molecule has 3 rings (SSSR count). The lowest BCUT2D eigenvalue weighted by molar-refractivity contribution is -0.126. The van der Waals surface area contributed by atoms with E-state index in [-0.39, 0.29) is 11.8 Å². The highest BCUT2D eigenvalue weighted by Crippen LogP contribution is 2.32. The van der Waals surface area contributed by atoms with Crippen LogP contribution < -0.4 is 5.73 Å². The van der Waals surface area contributed by atoms with Crippen LogP contribution in [0.25, 0.3) is 11.1 Å². The predicted octanol–water partition coefficient (Wildman–Crippen LogP) is 4.62. The molecule has 0 radical (unpaired) electrons. The van der Waals surface area contributed by atoms with Crippen LogP contribution in [-0.2, 0) is 4.79 Å². The summed E-state index contributed by atoms with van der Waals surface area (Å²) >= 11 is 0. The largest absolute Gasteiger partial charge is 0.324 e. The van der Waals surface area contributed by atoms with Gasteiger partial charge in [-0.1, -0.05) is 61.5 Å². The second kappa shape index (κ2) is 8.37. The van der Waals surface area contributed by atoms with Gasteiger partial charge in [-0.25, -0.2) is 0 Å². The maximum absolute atomic E-state index is 12.5. The summed E-state index contributed by atoms with van der Waals surface area (Å²) in [5, 5.41) is 0. The molecule has 1 heterocycles. The summed E-state index contributed by atoms with van der Waals surface area (Å²) in [6, 6.07) is 19.3. The number of carbonyl (C=O) groups is 1. The highest BCUT2D eigenvalue weighted by molar-refractivity contribution is 5.85. The maximum atomic E-state index is 12.5. The molecule has 0 bridgehead atoms. The molecule has 1 atom stereocenters. The Labute approximate surface area is 163 Å². The Morgan fingerprint density at radius 3 is 2.11 bits per heavy atom. The Kier molecular flexibility index (Phi) is 6.13. The van der Waals surface area contributed by atoms with Gasteiger partial charge in [0.2, 0.25) is 0 Å². The molecule has 3 nitrogen and oxygen atoms in total. The Morgan fingerprint density at radius 1 is 1.04 bits per heavy atom. The van der Waals surface area contributed by atoms with E-state index in [0.717, 1.165) is 25.9 Å². The van der Waals surface area contributed by atoms with Gasteiger partial charge in [0, 0.05) is 12.0 Å². The fourth-order valence-corrected chi connectivity index (χ4v) is 4.35. The van der Waals surface area contributed by atoms with Crippen LogP contribution in [0.15, 0.2) is 54.6 Å². The minimum absolute atomic E-state index is 0.177. The summed E-state index contributed by atoms with van der Waals surface area (Å²) in [5.74, 6) is 0.817. The fourth-order valence-electron chi connectivity index (χ4n) is 4.35. The van der Waals surface area contributed by atoms with Crippen LogP contribution in [0.2, 0.25) is 0 Å². The summed E-state index contributed by atoms with van der Waals surface area (Å²) in [4.78, 5) is 14.8. The highest BCUT2D eigenvalue weighted by Gasteiger charge is 2.37. The molecular weight excluding hydrogens is 332 g/mol. The molecule has 0 aromatic heterocycles. The maximum Gasteiger partial charge on any atom is 0.151 e. The van der Waals surface area contributed by atoms with Gasteiger partial charge in [-0.3, -0.25) is 9.69 Å². The molecule has 2 N–H and O–H groups in total. The van der Waals surface area contributed by atoms with E-state index in [1.54, 1.807) is 0 Å². The molecule has 1 saturated heterocycles. The summed E-state index contributed by atoms with van der Waals surface area (Å²) in [6.07, 6.45) is 2.70. The van der Waals surface area contributed by atoms with Crippen molar-refractivity contribution in [3.63, 3.8) is 0 Å². The molecule has 0 aliphatic carbocycles. The third kappa shape index (κ3) is 4.66. The number of nitrogens with zero attached hydrogens (tertiary/aromatic N) is 1. The van der Waals surface area contributed by atoms with Crippen LogP contribution in [0.1, 0.15) is 51.5 Å². The van der Waals surface area contributed by atoms with Crippen molar-refractivity contribution in [2.24, 2.45) is 5.73 Å². The lowest BCUT2D eigenvalue weighted by atomic mass is 9.84. The standard InChI is InChI=1S/C24H32N2O/c1-4-22(27)23(24(2,3)25)26-16-14-21(15-17-26)20-12-10-19(11-13-20)18-8-6-5-7-9-18/h5-13,21,23H,4,14-17,25H2,1-3H3. The number of hydrogen-bond donors (Lipinski definition) is 1. The number of rotatable bonds is 6. The summed E-state index contributed by atoms with van der Waals surface area (Å²) < 4.78 is 0. The lowest BCUT2D eigenvalue weighted by Gasteiger charge is -2.42. The molecule has 1 fully saturated rings. The Morgan fingerprint density at radius 2 is 1.59 bits per heavy atom. The van der Waals surface area contributed by atoms with Crippen LogP contribution in [0.4, 0.5) is 0 Å². The van der Waals surface area contributed by atoms with Crippen molar-refractivity contribution in [3.05, 3.63) is 60.2 Å². The van der Waals surface area contributed by atoms with Gasteiger partial charge in [-0.2, -0.15) is 0 Å². The quantitative estimate of drug-likeness (QED) is 0.814. The first-order chi connectivity index (χ1) is 12.9. The zero-order chi connectivity index (χ0) is 19.4. The zero-order valence-corrected chi connectivity index (χ0v) is 16.8. The van der Waals surface area contributed by atoms with E-state index in [4.69, 9.17) is 5.73 Å². The molecule has 3 heteroatoms. The molecule has 2 aromatic rings. The molecule has 0 saturated carbocycles. The number of hydrogen-bond acceptors (Lipinski definition) is 3. The number of carbonyl (C=O) groups excluding carboxylic acids is 1. The normalized spacial score (nSPS) is 17.6. The number of nitrogens with two attached hydrogens (primary N) is 1. The summed E-state index contributed by atoms with van der Waals surface area (Å²) in [7, 11) is 0. The minimum atomic E-state index is -0.503. The van der Waals surface area contributed by atoms with Crippen molar-refractivity contribution < 1.29 is 4.79 Å². The second-order valence-electron chi connectivity index (χ2n) is 8.34. The van der Waals surface area contributed by atoms with E-state index in [9.17, 15) is 4.79 Å². The number of likely N-dealkylation sites (tertiary alicyclic amines) is 1. The molecule has 2 aromatic carbocycles. The van der Waals surface area contributed by atoms with Gasteiger partial charge in [-0.15, -0.1) is 0 Å². The Bertz CT molecular complexity index is 738. The van der Waals surface area contributed by atoms with E-state index in [1.165, 1.54) is 16.7 Å². The number of Topliss-reactive ketones (excluding diaryl/α,β-unsaturated/α-hetero) is 1. The first-order valence-electron chi connectivity index (χ1n) is 10.1. The Balaban J connectivity index is 1.66. The van der Waals surface area contributed by atoms with E-state index < -0.39 is 5.54 Å². The average molecular weight is 365 g/mol. The van der Waals surface area contributed by atoms with Gasteiger partial charge < -0.3 is 5.73 Å². The van der Waals surface area contributed by atoms with E-state index in [2.05, 4.69) is 53.4 Å². The number of piperidine rings is 1. The van der Waals surface area contributed by atoms with E-state index >= 15 is 0 Å². The van der Waals surface area contributed by atoms with Crippen LogP contribution in [0, 0.1) is 0 Å². The van der Waals surface area contributed by atoms with Crippen LogP contribution >= 0.6 is 0 Å². The predicted molar refractivity (Wildman–Crippen MR) is 113 cm³/mol. The second-order valence-corrected chi connectivity index (χ2v) is 8.34. The molecule has 27 heavy (non-hydrogen) atoms.